The summed E-state index contributed by atoms with van der Waals surface area (Å²) in [4.78, 5) is 17.0. The van der Waals surface area contributed by atoms with Gasteiger partial charge in [-0.1, -0.05) is 24.3 Å². The summed E-state index contributed by atoms with van der Waals surface area (Å²) >= 11 is 0. The van der Waals surface area contributed by atoms with Crippen molar-refractivity contribution in [3.8, 4) is 5.69 Å². The molecule has 3 heterocycles. The number of hydrogen-bond acceptors (Lipinski definition) is 5. The van der Waals surface area contributed by atoms with Crippen molar-refractivity contribution in [2.45, 2.75) is 26.8 Å². The molecule has 1 saturated heterocycles. The summed E-state index contributed by atoms with van der Waals surface area (Å²) in [6.07, 6.45) is 0.991. The molecule has 1 fully saturated rings. The fraction of sp³-hybridized carbons (Fsp3) is 0.526. The summed E-state index contributed by atoms with van der Waals surface area (Å²) in [6, 6.07) is 6.33. The van der Waals surface area contributed by atoms with Crippen LogP contribution in [-0.4, -0.2) is 70.1 Å². The molecule has 0 radical (unpaired) electrons. The van der Waals surface area contributed by atoms with Crippen LogP contribution in [0.2, 0.25) is 0 Å². The number of fused-ring (bicyclic) bond motifs is 1. The van der Waals surface area contributed by atoms with Crippen LogP contribution in [0.25, 0.3) is 5.69 Å². The second-order valence-electron chi connectivity index (χ2n) is 6.87. The second kappa shape index (κ2) is 7.17. The SMILES string of the molecule is CCN1CCc2c(cccc2-n2nnc(C(=O)N3CCOCC3)c2C)C1. The Hall–Kier alpha value is -2.25. The van der Waals surface area contributed by atoms with Crippen LogP contribution in [0.4, 0.5) is 0 Å². The monoisotopic (exact) mass is 355 g/mol. The van der Waals surface area contributed by atoms with Gasteiger partial charge in [0, 0.05) is 26.2 Å². The lowest BCUT2D eigenvalue weighted by atomic mass is 9.97. The number of carbonyl (C=O) groups excluding carboxylic acids is 1. The molecule has 138 valence electrons. The van der Waals surface area contributed by atoms with Crippen molar-refractivity contribution in [2.24, 2.45) is 0 Å². The molecule has 0 bridgehead atoms. The van der Waals surface area contributed by atoms with E-state index in [2.05, 4.69) is 40.3 Å². The van der Waals surface area contributed by atoms with Crippen molar-refractivity contribution in [3.05, 3.63) is 40.7 Å². The molecule has 7 heteroatoms. The van der Waals surface area contributed by atoms with Crippen molar-refractivity contribution in [2.75, 3.05) is 39.4 Å². The highest BCUT2D eigenvalue weighted by atomic mass is 16.5. The first-order valence-electron chi connectivity index (χ1n) is 9.32. The van der Waals surface area contributed by atoms with E-state index in [1.165, 1.54) is 11.1 Å². The Morgan fingerprint density at radius 2 is 2.04 bits per heavy atom. The van der Waals surface area contributed by atoms with Gasteiger partial charge in [-0.3, -0.25) is 9.69 Å². The molecule has 0 saturated carbocycles. The molecular weight excluding hydrogens is 330 g/mol. The predicted octanol–water partition coefficient (Wildman–Crippen LogP) is 1.43. The number of nitrogens with zero attached hydrogens (tertiary/aromatic N) is 5. The van der Waals surface area contributed by atoms with E-state index in [4.69, 9.17) is 4.74 Å². The van der Waals surface area contributed by atoms with Gasteiger partial charge in [0.25, 0.3) is 5.91 Å². The van der Waals surface area contributed by atoms with E-state index in [1.54, 1.807) is 4.90 Å². The number of morpholine rings is 1. The largest absolute Gasteiger partial charge is 0.378 e. The van der Waals surface area contributed by atoms with Gasteiger partial charge in [-0.15, -0.1) is 5.10 Å². The number of likely N-dealkylation sites (N-methyl/N-ethyl adjacent to an activating group) is 1. The van der Waals surface area contributed by atoms with E-state index in [9.17, 15) is 4.79 Å². The van der Waals surface area contributed by atoms with Gasteiger partial charge < -0.3 is 9.64 Å². The smallest absolute Gasteiger partial charge is 0.276 e. The lowest BCUT2D eigenvalue weighted by Gasteiger charge is -2.29. The van der Waals surface area contributed by atoms with Crippen LogP contribution in [0, 0.1) is 6.92 Å². The predicted molar refractivity (Wildman–Crippen MR) is 97.5 cm³/mol. The maximum atomic E-state index is 12.8. The first-order valence-corrected chi connectivity index (χ1v) is 9.32. The Balaban J connectivity index is 1.66. The molecule has 2 aromatic rings. The van der Waals surface area contributed by atoms with Crippen LogP contribution < -0.4 is 0 Å². The minimum Gasteiger partial charge on any atom is -0.378 e. The average Bonchev–Trinajstić information content (AvgIpc) is 3.08. The summed E-state index contributed by atoms with van der Waals surface area (Å²) in [5, 5.41) is 8.54. The summed E-state index contributed by atoms with van der Waals surface area (Å²) in [6.45, 7) is 9.58. The molecule has 0 atom stereocenters. The fourth-order valence-electron chi connectivity index (χ4n) is 3.79. The third-order valence-corrected chi connectivity index (χ3v) is 5.39. The molecular formula is C19H25N5O2. The molecule has 0 N–H and O–H groups in total. The number of aromatic nitrogens is 3. The van der Waals surface area contributed by atoms with Crippen molar-refractivity contribution in [1.29, 1.82) is 0 Å². The minimum absolute atomic E-state index is 0.0565. The highest BCUT2D eigenvalue weighted by molar-refractivity contribution is 5.93. The first kappa shape index (κ1) is 17.2. The third kappa shape index (κ3) is 3.01. The van der Waals surface area contributed by atoms with Crippen molar-refractivity contribution in [1.82, 2.24) is 24.8 Å². The van der Waals surface area contributed by atoms with Gasteiger partial charge >= 0.3 is 0 Å². The van der Waals surface area contributed by atoms with E-state index < -0.39 is 0 Å². The zero-order valence-corrected chi connectivity index (χ0v) is 15.4. The van der Waals surface area contributed by atoms with Crippen molar-refractivity contribution in [3.63, 3.8) is 0 Å². The van der Waals surface area contributed by atoms with Gasteiger partial charge in [0.15, 0.2) is 5.69 Å². The van der Waals surface area contributed by atoms with Gasteiger partial charge in [-0.2, -0.15) is 0 Å². The fourth-order valence-corrected chi connectivity index (χ4v) is 3.79. The zero-order chi connectivity index (χ0) is 18.1. The van der Waals surface area contributed by atoms with Crippen LogP contribution >= 0.6 is 0 Å². The number of rotatable bonds is 3. The summed E-state index contributed by atoms with van der Waals surface area (Å²) in [5.41, 5.74) is 4.94. The van der Waals surface area contributed by atoms with Crippen LogP contribution in [-0.2, 0) is 17.7 Å². The van der Waals surface area contributed by atoms with E-state index in [-0.39, 0.29) is 5.91 Å². The Morgan fingerprint density at radius 3 is 2.81 bits per heavy atom. The van der Waals surface area contributed by atoms with E-state index >= 15 is 0 Å². The molecule has 0 spiro atoms. The number of ether oxygens (including phenoxy) is 1. The molecule has 0 aliphatic carbocycles. The third-order valence-electron chi connectivity index (χ3n) is 5.39. The zero-order valence-electron chi connectivity index (χ0n) is 15.4. The minimum atomic E-state index is -0.0565. The molecule has 1 amide bonds. The molecule has 1 aromatic carbocycles. The molecule has 4 rings (SSSR count). The quantitative estimate of drug-likeness (QED) is 0.833. The Labute approximate surface area is 153 Å². The number of amides is 1. The van der Waals surface area contributed by atoms with Gasteiger partial charge in [0.05, 0.1) is 24.6 Å². The van der Waals surface area contributed by atoms with Crippen molar-refractivity contribution >= 4 is 5.91 Å². The Bertz CT molecular complexity index is 810. The lowest BCUT2D eigenvalue weighted by Crippen LogP contribution is -2.41. The van der Waals surface area contributed by atoms with E-state index in [1.807, 2.05) is 11.6 Å². The first-order chi connectivity index (χ1) is 12.7. The average molecular weight is 355 g/mol. The van der Waals surface area contributed by atoms with E-state index in [0.29, 0.717) is 32.0 Å². The second-order valence-corrected chi connectivity index (χ2v) is 6.87. The Kier molecular flexibility index (Phi) is 4.74. The summed E-state index contributed by atoms with van der Waals surface area (Å²) < 4.78 is 7.16. The topological polar surface area (TPSA) is 63.5 Å². The number of hydrogen-bond donors (Lipinski definition) is 0. The molecule has 1 aromatic heterocycles. The number of carbonyl (C=O) groups is 1. The highest BCUT2D eigenvalue weighted by Crippen LogP contribution is 2.26. The highest BCUT2D eigenvalue weighted by Gasteiger charge is 2.26. The van der Waals surface area contributed by atoms with Gasteiger partial charge in [0.1, 0.15) is 0 Å². The number of benzene rings is 1. The summed E-state index contributed by atoms with van der Waals surface area (Å²) in [5.74, 6) is -0.0565. The maximum absolute atomic E-state index is 12.8. The molecule has 0 unspecified atom stereocenters. The molecule has 2 aliphatic rings. The molecule has 7 nitrogen and oxygen atoms in total. The van der Waals surface area contributed by atoms with Crippen LogP contribution in [0.15, 0.2) is 18.2 Å². The normalized spacial score (nSPS) is 18.0. The maximum Gasteiger partial charge on any atom is 0.276 e. The summed E-state index contributed by atoms with van der Waals surface area (Å²) in [7, 11) is 0. The van der Waals surface area contributed by atoms with Crippen LogP contribution in [0.3, 0.4) is 0 Å². The van der Waals surface area contributed by atoms with Crippen LogP contribution in [0.5, 0.6) is 0 Å². The molecule has 26 heavy (non-hydrogen) atoms. The van der Waals surface area contributed by atoms with Gasteiger partial charge in [0.2, 0.25) is 0 Å². The standard InChI is InChI=1S/C19H25N5O2/c1-3-22-8-7-16-15(13-22)5-4-6-17(16)24-14(2)18(20-21-24)19(25)23-9-11-26-12-10-23/h4-6H,3,7-13H2,1-2H3. The molecule has 2 aliphatic heterocycles. The van der Waals surface area contributed by atoms with Gasteiger partial charge in [-0.25, -0.2) is 4.68 Å². The van der Waals surface area contributed by atoms with Gasteiger partial charge in [-0.05, 0) is 37.1 Å². The Morgan fingerprint density at radius 1 is 1.23 bits per heavy atom. The lowest BCUT2D eigenvalue weighted by molar-refractivity contribution is 0.0298. The van der Waals surface area contributed by atoms with Crippen LogP contribution in [0.1, 0.15) is 34.2 Å². The van der Waals surface area contributed by atoms with E-state index in [0.717, 1.165) is 37.4 Å². The van der Waals surface area contributed by atoms with Crippen molar-refractivity contribution < 1.29 is 9.53 Å².